The first-order valence-electron chi connectivity index (χ1n) is 9.01. The van der Waals surface area contributed by atoms with Gasteiger partial charge in [0.15, 0.2) is 0 Å². The molecule has 2 aliphatic heterocycles. The molecule has 1 aromatic carbocycles. The molecule has 0 aromatic heterocycles. The first-order chi connectivity index (χ1) is 12.1. The lowest BCUT2D eigenvalue weighted by Crippen LogP contribution is -3.14. The summed E-state index contributed by atoms with van der Waals surface area (Å²) < 4.78 is 13.3. The number of nitrogens with one attached hydrogen (secondary N) is 3. The molecular formula is C18H26FN4O2+. The van der Waals surface area contributed by atoms with Gasteiger partial charge in [-0.15, -0.1) is 0 Å². The third kappa shape index (κ3) is 4.28. The third-order valence-corrected chi connectivity index (χ3v) is 5.17. The minimum Gasteiger partial charge on any atom is -0.333 e. The van der Waals surface area contributed by atoms with Gasteiger partial charge >= 0.3 is 6.03 Å². The Labute approximate surface area is 147 Å². The van der Waals surface area contributed by atoms with E-state index in [2.05, 4.69) is 17.6 Å². The lowest BCUT2D eigenvalue weighted by atomic mass is 10.2. The maximum atomic E-state index is 13.3. The van der Waals surface area contributed by atoms with E-state index >= 15 is 0 Å². The van der Waals surface area contributed by atoms with E-state index in [4.69, 9.17) is 0 Å². The van der Waals surface area contributed by atoms with Crippen LogP contribution in [0.25, 0.3) is 0 Å². The van der Waals surface area contributed by atoms with Gasteiger partial charge in [-0.1, -0.05) is 6.07 Å². The Morgan fingerprint density at radius 1 is 1.44 bits per heavy atom. The maximum Gasteiger partial charge on any atom is 0.315 e. The summed E-state index contributed by atoms with van der Waals surface area (Å²) in [4.78, 5) is 27.3. The summed E-state index contributed by atoms with van der Waals surface area (Å²) in [5.74, 6) is -0.479. The molecule has 3 N–H and O–H groups in total. The second-order valence-electron chi connectivity index (χ2n) is 6.84. The van der Waals surface area contributed by atoms with Crippen LogP contribution in [-0.4, -0.2) is 50.2 Å². The van der Waals surface area contributed by atoms with Crippen molar-refractivity contribution in [2.75, 3.05) is 31.1 Å². The average molecular weight is 349 g/mol. The molecule has 2 fully saturated rings. The average Bonchev–Trinajstić information content (AvgIpc) is 3.19. The Hall–Kier alpha value is -2.15. The van der Waals surface area contributed by atoms with Crippen molar-refractivity contribution < 1.29 is 18.9 Å². The molecule has 2 saturated heterocycles. The number of amides is 3. The predicted molar refractivity (Wildman–Crippen MR) is 93.1 cm³/mol. The van der Waals surface area contributed by atoms with Crippen LogP contribution in [0.2, 0.25) is 0 Å². The molecule has 7 heteroatoms. The highest BCUT2D eigenvalue weighted by Crippen LogP contribution is 2.22. The molecule has 2 aliphatic rings. The van der Waals surface area contributed by atoms with Crippen molar-refractivity contribution in [2.24, 2.45) is 0 Å². The molecule has 6 nitrogen and oxygen atoms in total. The monoisotopic (exact) mass is 349 g/mol. The van der Waals surface area contributed by atoms with Crippen LogP contribution in [0.15, 0.2) is 24.3 Å². The van der Waals surface area contributed by atoms with Gasteiger partial charge in [0.05, 0.1) is 25.7 Å². The number of urea groups is 1. The van der Waals surface area contributed by atoms with Crippen LogP contribution in [-0.2, 0) is 4.79 Å². The Kier molecular flexibility index (Phi) is 5.53. The van der Waals surface area contributed by atoms with Crippen LogP contribution < -0.4 is 20.4 Å². The molecule has 0 radical (unpaired) electrons. The molecule has 25 heavy (non-hydrogen) atoms. The van der Waals surface area contributed by atoms with Crippen molar-refractivity contribution in [2.45, 2.75) is 38.3 Å². The highest BCUT2D eigenvalue weighted by molar-refractivity contribution is 5.96. The van der Waals surface area contributed by atoms with E-state index in [1.165, 1.54) is 34.9 Å². The predicted octanol–water partition coefficient (Wildman–Crippen LogP) is 0.297. The van der Waals surface area contributed by atoms with Gasteiger partial charge < -0.3 is 20.4 Å². The van der Waals surface area contributed by atoms with Gasteiger partial charge in [0.25, 0.3) is 0 Å². The van der Waals surface area contributed by atoms with E-state index in [1.54, 1.807) is 12.1 Å². The molecule has 3 atom stereocenters. The van der Waals surface area contributed by atoms with Crippen molar-refractivity contribution in [1.29, 1.82) is 0 Å². The van der Waals surface area contributed by atoms with E-state index in [0.717, 1.165) is 13.0 Å². The SMILES string of the molecule is CC[NH+]1CCC[C@@H]1CNC(=O)N[C@@H]1CC(=O)N(c2cccc(F)c2)C1. The van der Waals surface area contributed by atoms with Gasteiger partial charge in [-0.3, -0.25) is 4.79 Å². The first-order valence-corrected chi connectivity index (χ1v) is 9.01. The number of halogens is 1. The Bertz CT molecular complexity index is 639. The summed E-state index contributed by atoms with van der Waals surface area (Å²) in [5.41, 5.74) is 0.530. The van der Waals surface area contributed by atoms with Crippen molar-refractivity contribution in [3.63, 3.8) is 0 Å². The zero-order valence-corrected chi connectivity index (χ0v) is 14.6. The lowest BCUT2D eigenvalue weighted by molar-refractivity contribution is -0.909. The van der Waals surface area contributed by atoms with Crippen LogP contribution in [0.1, 0.15) is 26.2 Å². The smallest absolute Gasteiger partial charge is 0.315 e. The van der Waals surface area contributed by atoms with Gasteiger partial charge in [-0.25, -0.2) is 9.18 Å². The fourth-order valence-electron chi connectivity index (χ4n) is 3.85. The Morgan fingerprint density at radius 3 is 3.04 bits per heavy atom. The van der Waals surface area contributed by atoms with E-state index in [0.29, 0.717) is 24.8 Å². The summed E-state index contributed by atoms with van der Waals surface area (Å²) in [6, 6.07) is 5.95. The first kappa shape index (κ1) is 17.7. The molecule has 136 valence electrons. The number of carbonyl (C=O) groups excluding carboxylic acids is 2. The fourth-order valence-corrected chi connectivity index (χ4v) is 3.85. The van der Waals surface area contributed by atoms with Gasteiger partial charge in [0.1, 0.15) is 11.9 Å². The third-order valence-electron chi connectivity index (χ3n) is 5.17. The topological polar surface area (TPSA) is 65.9 Å². The van der Waals surface area contributed by atoms with Gasteiger partial charge in [-0.05, 0) is 25.1 Å². The van der Waals surface area contributed by atoms with E-state index in [9.17, 15) is 14.0 Å². The minimum atomic E-state index is -0.376. The molecule has 0 aliphatic carbocycles. The minimum absolute atomic E-state index is 0.103. The molecule has 1 aromatic rings. The van der Waals surface area contributed by atoms with Gasteiger partial charge in [0, 0.05) is 31.5 Å². The molecule has 3 amide bonds. The molecule has 1 unspecified atom stereocenters. The number of quaternary nitrogens is 1. The second-order valence-corrected chi connectivity index (χ2v) is 6.84. The fraction of sp³-hybridized carbons (Fsp3) is 0.556. The van der Waals surface area contributed by atoms with Crippen LogP contribution >= 0.6 is 0 Å². The number of anilines is 1. The highest BCUT2D eigenvalue weighted by atomic mass is 19.1. The summed E-state index contributed by atoms with van der Waals surface area (Å²) in [7, 11) is 0. The number of rotatable bonds is 5. The van der Waals surface area contributed by atoms with E-state index in [-0.39, 0.29) is 30.2 Å². The maximum absolute atomic E-state index is 13.3. The summed E-state index contributed by atoms with van der Waals surface area (Å²) in [6.45, 7) is 5.44. The summed E-state index contributed by atoms with van der Waals surface area (Å²) >= 11 is 0. The largest absolute Gasteiger partial charge is 0.333 e. The van der Waals surface area contributed by atoms with Crippen molar-refractivity contribution in [3.8, 4) is 0 Å². The second kappa shape index (κ2) is 7.82. The molecule has 0 saturated carbocycles. The zero-order chi connectivity index (χ0) is 17.8. The summed E-state index contributed by atoms with van der Waals surface area (Å²) in [6.07, 6.45) is 2.58. The van der Waals surface area contributed by atoms with Crippen molar-refractivity contribution >= 4 is 17.6 Å². The van der Waals surface area contributed by atoms with Crippen molar-refractivity contribution in [3.05, 3.63) is 30.1 Å². The summed E-state index contributed by atoms with van der Waals surface area (Å²) in [5, 5.41) is 5.80. The van der Waals surface area contributed by atoms with Crippen molar-refractivity contribution in [1.82, 2.24) is 10.6 Å². The molecule has 3 rings (SSSR count). The lowest BCUT2D eigenvalue weighted by Gasteiger charge is -2.21. The standard InChI is InChI=1S/C18H25FN4O2/c1-2-22-8-4-7-16(22)11-20-18(25)21-14-10-17(24)23(12-14)15-6-3-5-13(19)9-15/h3,5-6,9,14,16H,2,4,7-8,10-12H2,1H3,(H2,20,21,25)/p+1/t14-,16-/m1/s1. The van der Waals surface area contributed by atoms with Gasteiger partial charge in [0.2, 0.25) is 5.91 Å². The van der Waals surface area contributed by atoms with E-state index in [1.807, 2.05) is 0 Å². The van der Waals surface area contributed by atoms with Crippen LogP contribution in [0.3, 0.4) is 0 Å². The Morgan fingerprint density at radius 2 is 2.28 bits per heavy atom. The Balaban J connectivity index is 1.48. The van der Waals surface area contributed by atoms with E-state index < -0.39 is 0 Å². The van der Waals surface area contributed by atoms with Crippen LogP contribution in [0, 0.1) is 5.82 Å². The number of hydrogen-bond donors (Lipinski definition) is 3. The molecule has 0 bridgehead atoms. The zero-order valence-electron chi connectivity index (χ0n) is 14.6. The highest BCUT2D eigenvalue weighted by Gasteiger charge is 2.32. The molecule has 0 spiro atoms. The number of likely N-dealkylation sites (tertiary alicyclic amines) is 1. The quantitative estimate of drug-likeness (QED) is 0.716. The normalized spacial score (nSPS) is 26.1. The van der Waals surface area contributed by atoms with Crippen LogP contribution in [0.4, 0.5) is 14.9 Å². The molecule has 2 heterocycles. The number of likely N-dealkylation sites (N-methyl/N-ethyl adjacent to an activating group) is 1. The van der Waals surface area contributed by atoms with Crippen LogP contribution in [0.5, 0.6) is 0 Å². The number of nitrogens with zero attached hydrogens (tertiary/aromatic N) is 1. The number of benzene rings is 1. The molecular weight excluding hydrogens is 323 g/mol. The number of carbonyl (C=O) groups is 2. The van der Waals surface area contributed by atoms with Gasteiger partial charge in [-0.2, -0.15) is 0 Å². The number of hydrogen-bond acceptors (Lipinski definition) is 2.